The SMILES string of the molecule is C/C=C(\C(O)=C/C)c1cc2c3c(c1O)CCCC3CCC2. The van der Waals surface area contributed by atoms with Gasteiger partial charge in [-0.1, -0.05) is 6.08 Å². The average Bonchev–Trinajstić information content (AvgIpc) is 2.52. The molecule has 112 valence electrons. The van der Waals surface area contributed by atoms with Crippen molar-refractivity contribution < 1.29 is 10.2 Å². The Kier molecular flexibility index (Phi) is 3.79. The van der Waals surface area contributed by atoms with Crippen molar-refractivity contribution in [2.75, 3.05) is 0 Å². The Morgan fingerprint density at radius 3 is 2.52 bits per heavy atom. The summed E-state index contributed by atoms with van der Waals surface area (Å²) < 4.78 is 0. The number of hydrogen-bond donors (Lipinski definition) is 2. The molecule has 0 fully saturated rings. The van der Waals surface area contributed by atoms with Crippen LogP contribution in [0.25, 0.3) is 5.57 Å². The zero-order chi connectivity index (χ0) is 15.0. The molecule has 1 unspecified atom stereocenters. The van der Waals surface area contributed by atoms with Crippen LogP contribution in [0.1, 0.15) is 67.7 Å². The van der Waals surface area contributed by atoms with Gasteiger partial charge in [-0.05, 0) is 87.1 Å². The number of benzene rings is 1. The first kappa shape index (κ1) is 14.2. The van der Waals surface area contributed by atoms with Crippen LogP contribution in [-0.2, 0) is 12.8 Å². The average molecular weight is 284 g/mol. The standard InChI is InChI=1S/C19H24O2/c1-3-14(17(20)4-2)16-11-13-9-5-7-12-8-6-10-15(18(12)13)19(16)21/h3-4,11-12,20-21H,5-10H2,1-2H3/b14-3-,17-4+. The lowest BCUT2D eigenvalue weighted by Crippen LogP contribution is -2.18. The molecule has 2 heteroatoms. The van der Waals surface area contributed by atoms with Crippen LogP contribution in [0.2, 0.25) is 0 Å². The summed E-state index contributed by atoms with van der Waals surface area (Å²) in [5.74, 6) is 1.27. The number of aliphatic hydroxyl groups is 1. The van der Waals surface area contributed by atoms with Gasteiger partial charge in [-0.15, -0.1) is 0 Å². The number of allylic oxidation sites excluding steroid dienone is 3. The lowest BCUT2D eigenvalue weighted by atomic mass is 9.72. The second-order valence-electron chi connectivity index (χ2n) is 6.18. The molecule has 0 aromatic heterocycles. The normalized spacial score (nSPS) is 22.1. The van der Waals surface area contributed by atoms with Crippen molar-refractivity contribution in [1.82, 2.24) is 0 Å². The van der Waals surface area contributed by atoms with Gasteiger partial charge in [-0.2, -0.15) is 0 Å². The number of aromatic hydroxyl groups is 1. The minimum atomic E-state index is 0.239. The third-order valence-electron chi connectivity index (χ3n) is 5.05. The quantitative estimate of drug-likeness (QED) is 0.591. The highest BCUT2D eigenvalue weighted by atomic mass is 16.3. The predicted octanol–water partition coefficient (Wildman–Crippen LogP) is 5.01. The van der Waals surface area contributed by atoms with Gasteiger partial charge in [0.2, 0.25) is 0 Å². The van der Waals surface area contributed by atoms with Crippen LogP contribution in [-0.4, -0.2) is 10.2 Å². The van der Waals surface area contributed by atoms with Crippen molar-refractivity contribution in [3.8, 4) is 5.75 Å². The maximum atomic E-state index is 10.8. The molecule has 21 heavy (non-hydrogen) atoms. The molecule has 2 aliphatic carbocycles. The molecule has 1 aromatic rings. The molecule has 1 atom stereocenters. The van der Waals surface area contributed by atoms with Crippen LogP contribution in [0.3, 0.4) is 0 Å². The molecule has 0 radical (unpaired) electrons. The number of hydrogen-bond acceptors (Lipinski definition) is 2. The van der Waals surface area contributed by atoms with Crippen LogP contribution < -0.4 is 0 Å². The highest BCUT2D eigenvalue weighted by molar-refractivity contribution is 5.82. The fraction of sp³-hybridized carbons (Fsp3) is 0.474. The summed E-state index contributed by atoms with van der Waals surface area (Å²) in [5, 5.41) is 20.9. The molecule has 3 rings (SSSR count). The summed E-state index contributed by atoms with van der Waals surface area (Å²) in [5.41, 5.74) is 5.48. The Labute approximate surface area is 126 Å². The van der Waals surface area contributed by atoms with Crippen LogP contribution >= 0.6 is 0 Å². The van der Waals surface area contributed by atoms with Crippen LogP contribution in [0, 0.1) is 0 Å². The van der Waals surface area contributed by atoms with Gasteiger partial charge in [-0.25, -0.2) is 0 Å². The highest BCUT2D eigenvalue weighted by Crippen LogP contribution is 2.47. The Morgan fingerprint density at radius 2 is 1.86 bits per heavy atom. The van der Waals surface area contributed by atoms with E-state index < -0.39 is 0 Å². The van der Waals surface area contributed by atoms with Gasteiger partial charge in [0.05, 0.1) is 0 Å². The second-order valence-corrected chi connectivity index (χ2v) is 6.18. The summed E-state index contributed by atoms with van der Waals surface area (Å²) >= 11 is 0. The monoisotopic (exact) mass is 284 g/mol. The first-order chi connectivity index (χ1) is 10.2. The lowest BCUT2D eigenvalue weighted by Gasteiger charge is -2.33. The van der Waals surface area contributed by atoms with Crippen molar-refractivity contribution in [3.05, 3.63) is 46.2 Å². The van der Waals surface area contributed by atoms with E-state index in [2.05, 4.69) is 6.07 Å². The summed E-state index contributed by atoms with van der Waals surface area (Å²) in [6.45, 7) is 3.72. The molecule has 0 saturated heterocycles. The Morgan fingerprint density at radius 1 is 1.14 bits per heavy atom. The fourth-order valence-corrected chi connectivity index (χ4v) is 4.07. The van der Waals surface area contributed by atoms with Crippen molar-refractivity contribution in [2.45, 2.75) is 58.3 Å². The van der Waals surface area contributed by atoms with Gasteiger partial charge in [0.25, 0.3) is 0 Å². The number of rotatable bonds is 2. The maximum Gasteiger partial charge on any atom is 0.127 e. The Hall–Kier alpha value is -1.70. The van der Waals surface area contributed by atoms with Crippen molar-refractivity contribution in [2.24, 2.45) is 0 Å². The van der Waals surface area contributed by atoms with E-state index in [-0.39, 0.29) is 5.76 Å². The summed E-state index contributed by atoms with van der Waals surface area (Å²) in [6.07, 6.45) is 10.5. The van der Waals surface area contributed by atoms with Crippen LogP contribution in [0.4, 0.5) is 0 Å². The zero-order valence-corrected chi connectivity index (χ0v) is 12.9. The third kappa shape index (κ3) is 2.27. The molecule has 1 aromatic carbocycles. The number of aliphatic hydroxyl groups excluding tert-OH is 1. The smallest absolute Gasteiger partial charge is 0.127 e. The molecule has 2 N–H and O–H groups in total. The molecule has 0 spiro atoms. The molecule has 0 heterocycles. The van der Waals surface area contributed by atoms with Gasteiger partial charge in [-0.3, -0.25) is 0 Å². The summed E-state index contributed by atoms with van der Waals surface area (Å²) in [6, 6.07) is 2.11. The number of phenols is 1. The fourth-order valence-electron chi connectivity index (χ4n) is 4.07. The van der Waals surface area contributed by atoms with E-state index in [1.807, 2.05) is 19.9 Å². The Balaban J connectivity index is 2.21. The van der Waals surface area contributed by atoms with Crippen molar-refractivity contribution in [1.29, 1.82) is 0 Å². The van der Waals surface area contributed by atoms with Crippen LogP contribution in [0.5, 0.6) is 5.75 Å². The number of phenolic OH excluding ortho intramolecular Hbond substituents is 1. The van der Waals surface area contributed by atoms with Gasteiger partial charge in [0.1, 0.15) is 11.5 Å². The highest BCUT2D eigenvalue weighted by Gasteiger charge is 2.30. The lowest BCUT2D eigenvalue weighted by molar-refractivity contribution is 0.426. The molecular weight excluding hydrogens is 260 g/mol. The van der Waals surface area contributed by atoms with E-state index in [9.17, 15) is 10.2 Å². The predicted molar refractivity (Wildman–Crippen MR) is 86.8 cm³/mol. The first-order valence-electron chi connectivity index (χ1n) is 8.07. The molecular formula is C19H24O2. The largest absolute Gasteiger partial charge is 0.508 e. The van der Waals surface area contributed by atoms with Gasteiger partial charge >= 0.3 is 0 Å². The van der Waals surface area contributed by atoms with E-state index >= 15 is 0 Å². The summed E-state index contributed by atoms with van der Waals surface area (Å²) in [4.78, 5) is 0. The zero-order valence-electron chi connectivity index (χ0n) is 12.9. The minimum Gasteiger partial charge on any atom is -0.508 e. The van der Waals surface area contributed by atoms with E-state index in [0.29, 0.717) is 11.7 Å². The van der Waals surface area contributed by atoms with Crippen molar-refractivity contribution >= 4 is 5.57 Å². The topological polar surface area (TPSA) is 40.5 Å². The number of aryl methyl sites for hydroxylation is 1. The minimum absolute atomic E-state index is 0.239. The van der Waals surface area contributed by atoms with Crippen LogP contribution in [0.15, 0.2) is 24.0 Å². The van der Waals surface area contributed by atoms with E-state index in [1.165, 1.54) is 30.4 Å². The molecule has 0 saturated carbocycles. The third-order valence-corrected chi connectivity index (χ3v) is 5.05. The maximum absolute atomic E-state index is 10.8. The second kappa shape index (κ2) is 5.59. The van der Waals surface area contributed by atoms with Crippen molar-refractivity contribution in [3.63, 3.8) is 0 Å². The van der Waals surface area contributed by atoms with Gasteiger partial charge < -0.3 is 10.2 Å². The summed E-state index contributed by atoms with van der Waals surface area (Å²) in [7, 11) is 0. The molecule has 0 bridgehead atoms. The molecule has 0 aliphatic heterocycles. The van der Waals surface area contributed by atoms with E-state index in [0.717, 1.165) is 36.0 Å². The van der Waals surface area contributed by atoms with Gasteiger partial charge in [0.15, 0.2) is 0 Å². The molecule has 2 nitrogen and oxygen atoms in total. The molecule has 2 aliphatic rings. The van der Waals surface area contributed by atoms with E-state index in [4.69, 9.17) is 0 Å². The van der Waals surface area contributed by atoms with E-state index in [1.54, 1.807) is 6.08 Å². The Bertz CT molecular complexity index is 621. The van der Waals surface area contributed by atoms with Gasteiger partial charge in [0, 0.05) is 11.1 Å². The first-order valence-corrected chi connectivity index (χ1v) is 8.07. The molecule has 0 amide bonds.